The zero-order valence-corrected chi connectivity index (χ0v) is 16.8. The van der Waals surface area contributed by atoms with Crippen LogP contribution in [0.25, 0.3) is 0 Å². The van der Waals surface area contributed by atoms with Gasteiger partial charge in [-0.2, -0.15) is 0 Å². The first-order valence-corrected chi connectivity index (χ1v) is 10.3. The van der Waals surface area contributed by atoms with Gasteiger partial charge < -0.3 is 5.32 Å². The second-order valence-corrected chi connectivity index (χ2v) is 9.56. The Bertz CT molecular complexity index is 711. The molecule has 2 rings (SSSR count). The number of hydrogen-bond donors (Lipinski definition) is 1. The number of nitrogens with zero attached hydrogens (tertiary/aromatic N) is 2. The molecule has 124 valence electrons. The lowest BCUT2D eigenvalue weighted by molar-refractivity contribution is -0.115. The summed E-state index contributed by atoms with van der Waals surface area (Å²) in [7, 11) is 0. The van der Waals surface area contributed by atoms with Gasteiger partial charge >= 0.3 is 0 Å². The van der Waals surface area contributed by atoms with Gasteiger partial charge in [-0.1, -0.05) is 76.6 Å². The molecule has 4 nitrogen and oxygen atoms in total. The molecule has 0 saturated carbocycles. The Balaban J connectivity index is 2.00. The van der Waals surface area contributed by atoms with Gasteiger partial charge in [0.2, 0.25) is 5.91 Å². The third-order valence-corrected chi connectivity index (χ3v) is 6.73. The minimum absolute atomic E-state index is 0.199. The molecule has 1 atom stereocenters. The Morgan fingerprint density at radius 2 is 1.87 bits per heavy atom. The molecule has 0 fully saturated rings. The van der Waals surface area contributed by atoms with Crippen LogP contribution >= 0.6 is 69.7 Å². The number of hydrogen-bond acceptors (Lipinski definition) is 6. The number of aromatic nitrogens is 2. The lowest BCUT2D eigenvalue weighted by Gasteiger charge is -2.12. The van der Waals surface area contributed by atoms with Crippen LogP contribution in [0, 0.1) is 0 Å². The predicted molar refractivity (Wildman–Crippen MR) is 102 cm³/mol. The van der Waals surface area contributed by atoms with Crippen molar-refractivity contribution in [2.45, 2.75) is 27.8 Å². The molecule has 10 heteroatoms. The van der Waals surface area contributed by atoms with Crippen LogP contribution in [0.4, 0.5) is 5.69 Å². The summed E-state index contributed by atoms with van der Waals surface area (Å²) >= 11 is 22.3. The maximum Gasteiger partial charge on any atom is 0.237 e. The SMILES string of the molecule is CCSc1nnc(SC(C)C(=O)Nc2cc(Cl)c(Cl)cc2Cl)s1. The van der Waals surface area contributed by atoms with Crippen LogP contribution in [-0.4, -0.2) is 27.1 Å². The largest absolute Gasteiger partial charge is 0.324 e. The van der Waals surface area contributed by atoms with E-state index in [4.69, 9.17) is 34.8 Å². The predicted octanol–water partition coefficient (Wildman–Crippen LogP) is 5.73. The van der Waals surface area contributed by atoms with Crippen molar-refractivity contribution >= 4 is 81.3 Å². The molecular weight excluding hydrogens is 417 g/mol. The summed E-state index contributed by atoms with van der Waals surface area (Å²) < 4.78 is 1.65. The summed E-state index contributed by atoms with van der Waals surface area (Å²) in [6.45, 7) is 3.84. The van der Waals surface area contributed by atoms with Gasteiger partial charge in [0.1, 0.15) is 0 Å². The normalized spacial score (nSPS) is 12.2. The monoisotopic (exact) mass is 427 g/mol. The van der Waals surface area contributed by atoms with Gasteiger partial charge in [-0.25, -0.2) is 0 Å². The fourth-order valence-electron chi connectivity index (χ4n) is 1.48. The van der Waals surface area contributed by atoms with E-state index in [2.05, 4.69) is 22.4 Å². The van der Waals surface area contributed by atoms with Crippen molar-refractivity contribution in [3.8, 4) is 0 Å². The molecule has 1 amide bonds. The molecule has 0 radical (unpaired) electrons. The summed E-state index contributed by atoms with van der Waals surface area (Å²) in [5, 5.41) is 11.5. The summed E-state index contributed by atoms with van der Waals surface area (Å²) in [6, 6.07) is 3.03. The highest BCUT2D eigenvalue weighted by Crippen LogP contribution is 2.34. The fraction of sp³-hybridized carbons (Fsp3) is 0.308. The Hall–Kier alpha value is -0.180. The van der Waals surface area contributed by atoms with Crippen LogP contribution in [0.2, 0.25) is 15.1 Å². The third-order valence-electron chi connectivity index (χ3n) is 2.57. The van der Waals surface area contributed by atoms with E-state index >= 15 is 0 Å². The first kappa shape index (κ1) is 19.1. The molecule has 23 heavy (non-hydrogen) atoms. The highest BCUT2D eigenvalue weighted by atomic mass is 35.5. The van der Waals surface area contributed by atoms with Crippen LogP contribution in [0.1, 0.15) is 13.8 Å². The Kier molecular flexibility index (Phi) is 7.31. The second-order valence-electron chi connectivity index (χ2n) is 4.26. The topological polar surface area (TPSA) is 54.9 Å². The molecule has 1 heterocycles. The first-order valence-electron chi connectivity index (χ1n) is 6.49. The zero-order valence-electron chi connectivity index (χ0n) is 12.1. The van der Waals surface area contributed by atoms with Gasteiger partial charge in [-0.3, -0.25) is 4.79 Å². The van der Waals surface area contributed by atoms with Gasteiger partial charge in [0, 0.05) is 0 Å². The lowest BCUT2D eigenvalue weighted by Crippen LogP contribution is -2.22. The molecule has 0 bridgehead atoms. The number of benzene rings is 1. The maximum absolute atomic E-state index is 12.3. The van der Waals surface area contributed by atoms with E-state index in [9.17, 15) is 4.79 Å². The molecule has 2 aromatic rings. The molecule has 1 N–H and O–H groups in total. The molecule has 0 spiro atoms. The first-order chi connectivity index (χ1) is 10.9. The van der Waals surface area contributed by atoms with Crippen LogP contribution in [0.15, 0.2) is 20.8 Å². The van der Waals surface area contributed by atoms with E-state index in [0.717, 1.165) is 14.4 Å². The number of rotatable bonds is 6. The molecule has 1 aromatic carbocycles. The van der Waals surface area contributed by atoms with Gasteiger partial charge in [0.05, 0.1) is 26.0 Å². The van der Waals surface area contributed by atoms with Crippen LogP contribution < -0.4 is 5.32 Å². The van der Waals surface area contributed by atoms with Gasteiger partial charge in [0.25, 0.3) is 0 Å². The van der Waals surface area contributed by atoms with Crippen molar-refractivity contribution in [1.29, 1.82) is 0 Å². The highest BCUT2D eigenvalue weighted by molar-refractivity contribution is 8.03. The van der Waals surface area contributed by atoms with E-state index in [-0.39, 0.29) is 11.2 Å². The fourth-order valence-corrected chi connectivity index (χ4v) is 5.14. The van der Waals surface area contributed by atoms with Gasteiger partial charge in [0.15, 0.2) is 8.68 Å². The van der Waals surface area contributed by atoms with Crippen LogP contribution in [-0.2, 0) is 4.79 Å². The standard InChI is InChI=1S/C13H12Cl3N3OS3/c1-3-21-12-18-19-13(23-12)22-6(2)11(20)17-10-5-8(15)7(14)4-9(10)16/h4-6H,3H2,1-2H3,(H,17,20). The number of halogens is 3. The number of anilines is 1. The zero-order chi connectivity index (χ0) is 17.0. The number of thioether (sulfide) groups is 2. The number of carbonyl (C=O) groups is 1. The molecule has 0 aliphatic carbocycles. The maximum atomic E-state index is 12.3. The quantitative estimate of drug-likeness (QED) is 0.470. The van der Waals surface area contributed by atoms with Crippen molar-refractivity contribution in [2.24, 2.45) is 0 Å². The minimum atomic E-state index is -0.354. The summed E-state index contributed by atoms with van der Waals surface area (Å²) in [4.78, 5) is 12.3. The Morgan fingerprint density at radius 1 is 1.22 bits per heavy atom. The number of carbonyl (C=O) groups excluding carboxylic acids is 1. The summed E-state index contributed by atoms with van der Waals surface area (Å²) in [5.41, 5.74) is 0.429. The van der Waals surface area contributed by atoms with Crippen LogP contribution in [0.5, 0.6) is 0 Å². The molecule has 0 aliphatic rings. The number of amides is 1. The van der Waals surface area contributed by atoms with E-state index in [1.807, 2.05) is 0 Å². The van der Waals surface area contributed by atoms with Crippen molar-refractivity contribution in [3.05, 3.63) is 27.2 Å². The number of nitrogens with one attached hydrogen (secondary N) is 1. The Labute approximate surface area is 161 Å². The third kappa shape index (κ3) is 5.41. The average Bonchev–Trinajstić information content (AvgIpc) is 2.92. The van der Waals surface area contributed by atoms with E-state index in [1.54, 1.807) is 18.7 Å². The van der Waals surface area contributed by atoms with Crippen molar-refractivity contribution in [2.75, 3.05) is 11.1 Å². The van der Waals surface area contributed by atoms with E-state index < -0.39 is 0 Å². The van der Waals surface area contributed by atoms with Gasteiger partial charge in [-0.15, -0.1) is 10.2 Å². The smallest absolute Gasteiger partial charge is 0.237 e. The summed E-state index contributed by atoms with van der Waals surface area (Å²) in [6.07, 6.45) is 0. The Morgan fingerprint density at radius 3 is 2.57 bits per heavy atom. The van der Waals surface area contributed by atoms with Gasteiger partial charge in [-0.05, 0) is 24.8 Å². The highest BCUT2D eigenvalue weighted by Gasteiger charge is 2.19. The minimum Gasteiger partial charge on any atom is -0.324 e. The molecule has 0 aliphatic heterocycles. The van der Waals surface area contributed by atoms with Crippen molar-refractivity contribution in [3.63, 3.8) is 0 Å². The second kappa shape index (κ2) is 8.78. The molecule has 0 saturated heterocycles. The van der Waals surface area contributed by atoms with E-state index in [0.29, 0.717) is 20.8 Å². The van der Waals surface area contributed by atoms with Crippen LogP contribution in [0.3, 0.4) is 0 Å². The van der Waals surface area contributed by atoms with Crippen molar-refractivity contribution < 1.29 is 4.79 Å². The van der Waals surface area contributed by atoms with Crippen molar-refractivity contribution in [1.82, 2.24) is 10.2 Å². The molecular formula is C13H12Cl3N3OS3. The molecule has 1 unspecified atom stereocenters. The molecule has 1 aromatic heterocycles. The lowest BCUT2D eigenvalue weighted by atomic mass is 10.3. The average molecular weight is 429 g/mol. The summed E-state index contributed by atoms with van der Waals surface area (Å²) in [5.74, 6) is 0.737. The van der Waals surface area contributed by atoms with E-state index in [1.165, 1.54) is 35.2 Å².